The molecule has 1 fully saturated rings. The molecule has 1 aromatic carbocycles. The third-order valence-electron chi connectivity index (χ3n) is 4.89. The smallest absolute Gasteiger partial charge is 0.290 e. The normalized spacial score (nSPS) is 14.8. The van der Waals surface area contributed by atoms with Gasteiger partial charge in [0.25, 0.3) is 5.91 Å². The van der Waals surface area contributed by atoms with Gasteiger partial charge in [-0.25, -0.2) is 0 Å². The van der Waals surface area contributed by atoms with Crippen molar-refractivity contribution in [2.24, 2.45) is 0 Å². The number of piperazine rings is 1. The fourth-order valence-electron chi connectivity index (χ4n) is 3.31. The van der Waals surface area contributed by atoms with Gasteiger partial charge in [0, 0.05) is 50.7 Å². The van der Waals surface area contributed by atoms with E-state index >= 15 is 0 Å². The highest BCUT2D eigenvalue weighted by atomic mass is 16.5. The molecule has 0 radical (unpaired) electrons. The fraction of sp³-hybridized carbons (Fsp3) is 0.273. The standard InChI is InChI=1S/C22H23N3O3/c26-22(21-19(8-15-27-21)17-28-20-4-2-1-3-5-20)25-13-11-24(12-14-25)16-18-6-9-23-10-7-18/h1-10,15H,11-14,16-17H2. The van der Waals surface area contributed by atoms with Gasteiger partial charge in [0.15, 0.2) is 5.76 Å². The van der Waals surface area contributed by atoms with Crippen LogP contribution in [0.15, 0.2) is 71.6 Å². The lowest BCUT2D eigenvalue weighted by Gasteiger charge is -2.34. The Hall–Kier alpha value is -3.12. The molecule has 1 amide bonds. The van der Waals surface area contributed by atoms with Crippen LogP contribution in [0.25, 0.3) is 0 Å². The number of rotatable bonds is 6. The summed E-state index contributed by atoms with van der Waals surface area (Å²) in [6.45, 7) is 4.23. The maximum atomic E-state index is 12.9. The van der Waals surface area contributed by atoms with Crippen LogP contribution < -0.4 is 4.74 Å². The summed E-state index contributed by atoms with van der Waals surface area (Å²) in [6.07, 6.45) is 5.17. The molecule has 1 saturated heterocycles. The van der Waals surface area contributed by atoms with Crippen molar-refractivity contribution < 1.29 is 13.9 Å². The van der Waals surface area contributed by atoms with Crippen LogP contribution in [0.2, 0.25) is 0 Å². The molecular weight excluding hydrogens is 354 g/mol. The highest BCUT2D eigenvalue weighted by molar-refractivity contribution is 5.93. The molecule has 0 aliphatic carbocycles. The first-order chi connectivity index (χ1) is 13.8. The van der Waals surface area contributed by atoms with E-state index in [1.807, 2.05) is 59.8 Å². The van der Waals surface area contributed by atoms with Gasteiger partial charge >= 0.3 is 0 Å². The molecule has 4 rings (SSSR count). The van der Waals surface area contributed by atoms with E-state index in [4.69, 9.17) is 9.15 Å². The number of nitrogens with zero attached hydrogens (tertiary/aromatic N) is 3. The fourth-order valence-corrected chi connectivity index (χ4v) is 3.31. The molecule has 0 N–H and O–H groups in total. The molecule has 0 atom stereocenters. The molecule has 144 valence electrons. The Balaban J connectivity index is 1.32. The van der Waals surface area contributed by atoms with E-state index in [2.05, 4.69) is 9.88 Å². The first-order valence-electron chi connectivity index (χ1n) is 9.44. The first-order valence-corrected chi connectivity index (χ1v) is 9.44. The van der Waals surface area contributed by atoms with E-state index < -0.39 is 0 Å². The molecule has 0 bridgehead atoms. The Morgan fingerprint density at radius 3 is 2.50 bits per heavy atom. The zero-order valence-electron chi connectivity index (χ0n) is 15.7. The topological polar surface area (TPSA) is 58.8 Å². The number of carbonyl (C=O) groups is 1. The van der Waals surface area contributed by atoms with Gasteiger partial charge in [-0.15, -0.1) is 0 Å². The van der Waals surface area contributed by atoms with E-state index in [1.165, 1.54) is 5.56 Å². The summed E-state index contributed by atoms with van der Waals surface area (Å²) in [7, 11) is 0. The zero-order chi connectivity index (χ0) is 19.2. The highest BCUT2D eigenvalue weighted by Crippen LogP contribution is 2.18. The Bertz CT molecular complexity index is 888. The second-order valence-corrected chi connectivity index (χ2v) is 6.80. The van der Waals surface area contributed by atoms with E-state index in [0.29, 0.717) is 25.5 Å². The average Bonchev–Trinajstić information content (AvgIpc) is 3.22. The molecule has 0 unspecified atom stereocenters. The third kappa shape index (κ3) is 4.40. The number of ether oxygens (including phenoxy) is 1. The number of hydrogen-bond donors (Lipinski definition) is 0. The molecule has 3 aromatic rings. The molecule has 28 heavy (non-hydrogen) atoms. The largest absolute Gasteiger partial charge is 0.489 e. The Morgan fingerprint density at radius 1 is 1.00 bits per heavy atom. The summed E-state index contributed by atoms with van der Waals surface area (Å²) in [5, 5.41) is 0. The van der Waals surface area contributed by atoms with Gasteiger partial charge in [0.05, 0.1) is 6.26 Å². The first kappa shape index (κ1) is 18.3. The summed E-state index contributed by atoms with van der Waals surface area (Å²) in [4.78, 5) is 21.2. The minimum atomic E-state index is -0.0692. The van der Waals surface area contributed by atoms with Crippen LogP contribution in [0, 0.1) is 0 Å². The van der Waals surface area contributed by atoms with Crippen molar-refractivity contribution in [3.8, 4) is 5.75 Å². The lowest BCUT2D eigenvalue weighted by Crippen LogP contribution is -2.48. The molecule has 1 aliphatic heterocycles. The van der Waals surface area contributed by atoms with E-state index in [1.54, 1.807) is 12.3 Å². The van der Waals surface area contributed by atoms with Crippen molar-refractivity contribution in [3.05, 3.63) is 84.1 Å². The lowest BCUT2D eigenvalue weighted by molar-refractivity contribution is 0.0594. The van der Waals surface area contributed by atoms with Crippen LogP contribution in [0.4, 0.5) is 0 Å². The van der Waals surface area contributed by atoms with Crippen LogP contribution in [-0.2, 0) is 13.2 Å². The van der Waals surface area contributed by atoms with E-state index in [9.17, 15) is 4.79 Å². The van der Waals surface area contributed by atoms with Gasteiger partial charge in [0.1, 0.15) is 12.4 Å². The van der Waals surface area contributed by atoms with E-state index in [0.717, 1.165) is 30.9 Å². The van der Waals surface area contributed by atoms with Gasteiger partial charge in [-0.05, 0) is 35.9 Å². The van der Waals surface area contributed by atoms with Crippen LogP contribution in [-0.4, -0.2) is 46.9 Å². The zero-order valence-corrected chi connectivity index (χ0v) is 15.7. The second-order valence-electron chi connectivity index (χ2n) is 6.80. The molecule has 6 nitrogen and oxygen atoms in total. The van der Waals surface area contributed by atoms with Crippen molar-refractivity contribution in [2.75, 3.05) is 26.2 Å². The van der Waals surface area contributed by atoms with Crippen LogP contribution >= 0.6 is 0 Å². The second kappa shape index (κ2) is 8.71. The number of carbonyl (C=O) groups excluding carboxylic acids is 1. The number of aromatic nitrogens is 1. The predicted molar refractivity (Wildman–Crippen MR) is 105 cm³/mol. The summed E-state index contributed by atoms with van der Waals surface area (Å²) in [5.74, 6) is 1.07. The summed E-state index contributed by atoms with van der Waals surface area (Å²) in [5.41, 5.74) is 2.01. The quantitative estimate of drug-likeness (QED) is 0.660. The number of amides is 1. The van der Waals surface area contributed by atoms with Gasteiger partial charge in [-0.1, -0.05) is 18.2 Å². The monoisotopic (exact) mass is 377 g/mol. The van der Waals surface area contributed by atoms with Crippen molar-refractivity contribution in [1.29, 1.82) is 0 Å². The van der Waals surface area contributed by atoms with Crippen molar-refractivity contribution in [3.63, 3.8) is 0 Å². The van der Waals surface area contributed by atoms with Crippen molar-refractivity contribution in [2.45, 2.75) is 13.2 Å². The minimum absolute atomic E-state index is 0.0692. The average molecular weight is 377 g/mol. The van der Waals surface area contributed by atoms with Crippen molar-refractivity contribution in [1.82, 2.24) is 14.8 Å². The van der Waals surface area contributed by atoms with Gasteiger partial charge in [-0.2, -0.15) is 0 Å². The van der Waals surface area contributed by atoms with Gasteiger partial charge < -0.3 is 14.1 Å². The Kier molecular flexibility index (Phi) is 5.68. The van der Waals surface area contributed by atoms with Crippen LogP contribution in [0.1, 0.15) is 21.7 Å². The molecule has 2 aromatic heterocycles. The predicted octanol–water partition coefficient (Wildman–Crippen LogP) is 3.21. The van der Waals surface area contributed by atoms with Crippen LogP contribution in [0.5, 0.6) is 5.75 Å². The summed E-state index contributed by atoms with van der Waals surface area (Å²) in [6, 6.07) is 15.4. The molecule has 0 saturated carbocycles. The number of pyridine rings is 1. The highest BCUT2D eigenvalue weighted by Gasteiger charge is 2.26. The summed E-state index contributed by atoms with van der Waals surface area (Å²) < 4.78 is 11.3. The third-order valence-corrected chi connectivity index (χ3v) is 4.89. The molecular formula is C22H23N3O3. The Morgan fingerprint density at radius 2 is 1.75 bits per heavy atom. The van der Waals surface area contributed by atoms with Crippen LogP contribution in [0.3, 0.4) is 0 Å². The number of furan rings is 1. The van der Waals surface area contributed by atoms with E-state index in [-0.39, 0.29) is 5.91 Å². The number of para-hydroxylation sites is 1. The molecule has 0 spiro atoms. The summed E-state index contributed by atoms with van der Waals surface area (Å²) >= 11 is 0. The maximum Gasteiger partial charge on any atom is 0.290 e. The number of hydrogen-bond acceptors (Lipinski definition) is 5. The van der Waals surface area contributed by atoms with Gasteiger partial charge in [-0.3, -0.25) is 14.7 Å². The SMILES string of the molecule is O=C(c1occc1COc1ccccc1)N1CCN(Cc2ccncc2)CC1. The maximum absolute atomic E-state index is 12.9. The van der Waals surface area contributed by atoms with Crippen molar-refractivity contribution >= 4 is 5.91 Å². The molecule has 6 heteroatoms. The molecule has 1 aliphatic rings. The number of benzene rings is 1. The molecule has 3 heterocycles. The lowest BCUT2D eigenvalue weighted by atomic mass is 10.2. The Labute approximate surface area is 164 Å². The minimum Gasteiger partial charge on any atom is -0.489 e. The van der Waals surface area contributed by atoms with Gasteiger partial charge in [0.2, 0.25) is 0 Å².